The molecule has 2 rings (SSSR count). The van der Waals surface area contributed by atoms with Gasteiger partial charge in [-0.3, -0.25) is 0 Å². The second-order valence-electron chi connectivity index (χ2n) is 3.93. The highest BCUT2D eigenvalue weighted by Crippen LogP contribution is 2.24. The van der Waals surface area contributed by atoms with Crippen LogP contribution in [-0.2, 0) is 11.3 Å². The van der Waals surface area contributed by atoms with Crippen molar-refractivity contribution in [3.63, 3.8) is 0 Å². The number of aromatic nitrogens is 2. The molecule has 0 fully saturated rings. The van der Waals surface area contributed by atoms with Gasteiger partial charge < -0.3 is 19.0 Å². The normalized spacial score (nSPS) is 11.1. The number of fused-ring (bicyclic) bond motifs is 1. The van der Waals surface area contributed by atoms with Crippen LogP contribution < -0.4 is 4.74 Å². The number of ether oxygens (including phenoxy) is 2. The Morgan fingerprint density at radius 2 is 2.17 bits per heavy atom. The molecule has 0 aliphatic heterocycles. The zero-order valence-electron chi connectivity index (χ0n) is 10.3. The van der Waals surface area contributed by atoms with Crippen molar-refractivity contribution in [3.05, 3.63) is 22.7 Å². The lowest BCUT2D eigenvalue weighted by Crippen LogP contribution is -2.01. The predicted octanol–water partition coefficient (Wildman–Crippen LogP) is 2.88. The van der Waals surface area contributed by atoms with Gasteiger partial charge in [-0.2, -0.15) is 0 Å². The summed E-state index contributed by atoms with van der Waals surface area (Å²) in [5.41, 5.74) is 1.52. The minimum absolute atomic E-state index is 0.219. The van der Waals surface area contributed by atoms with Crippen LogP contribution in [0.5, 0.6) is 5.75 Å². The van der Waals surface area contributed by atoms with Gasteiger partial charge in [-0.1, -0.05) is 0 Å². The molecule has 1 aromatic carbocycles. The summed E-state index contributed by atoms with van der Waals surface area (Å²) < 4.78 is 26.1. The number of nitrogens with one attached hydrogen (secondary N) is 1. The van der Waals surface area contributed by atoms with Gasteiger partial charge in [0.15, 0.2) is 16.3 Å². The van der Waals surface area contributed by atoms with E-state index in [1.165, 1.54) is 13.2 Å². The van der Waals surface area contributed by atoms with Crippen molar-refractivity contribution in [2.45, 2.75) is 13.0 Å². The zero-order chi connectivity index (χ0) is 13.1. The van der Waals surface area contributed by atoms with Crippen LogP contribution in [0.4, 0.5) is 4.39 Å². The smallest absolute Gasteiger partial charge is 0.178 e. The third-order valence-electron chi connectivity index (χ3n) is 2.78. The lowest BCUT2D eigenvalue weighted by Gasteiger charge is -2.06. The highest BCUT2D eigenvalue weighted by atomic mass is 32.1. The molecule has 2 aromatic rings. The van der Waals surface area contributed by atoms with Gasteiger partial charge in [-0.25, -0.2) is 4.39 Å². The second kappa shape index (κ2) is 5.49. The molecule has 0 saturated carbocycles. The molecule has 0 aliphatic carbocycles. The number of nitrogens with zero attached hydrogens (tertiary/aromatic N) is 1. The molecule has 0 aliphatic rings. The summed E-state index contributed by atoms with van der Waals surface area (Å²) in [6.45, 7) is 1.38. The van der Waals surface area contributed by atoms with Gasteiger partial charge >= 0.3 is 0 Å². The summed E-state index contributed by atoms with van der Waals surface area (Å²) in [6, 6.07) is 3.06. The zero-order valence-corrected chi connectivity index (χ0v) is 11.1. The molecule has 98 valence electrons. The molecule has 18 heavy (non-hydrogen) atoms. The summed E-state index contributed by atoms with van der Waals surface area (Å²) in [6.07, 6.45) is 0.845. The first-order chi connectivity index (χ1) is 8.67. The van der Waals surface area contributed by atoms with Crippen LogP contribution in [0, 0.1) is 10.6 Å². The molecule has 0 amide bonds. The first kappa shape index (κ1) is 13.0. The number of H-pyrrole nitrogens is 1. The number of methoxy groups -OCH3 is 2. The fourth-order valence-corrected chi connectivity index (χ4v) is 2.20. The van der Waals surface area contributed by atoms with Gasteiger partial charge in [0, 0.05) is 32.4 Å². The molecular formula is C12H15FN2O2S. The lowest BCUT2D eigenvalue weighted by molar-refractivity contribution is 0.190. The maximum absolute atomic E-state index is 13.6. The molecule has 0 unspecified atom stereocenters. The summed E-state index contributed by atoms with van der Waals surface area (Å²) >= 11 is 5.23. The fraction of sp³-hybridized carbons (Fsp3) is 0.417. The Hall–Kier alpha value is -1.40. The third-order valence-corrected chi connectivity index (χ3v) is 3.10. The Bertz CT molecular complexity index is 606. The van der Waals surface area contributed by atoms with Crippen molar-refractivity contribution < 1.29 is 13.9 Å². The molecule has 6 heteroatoms. The molecule has 0 saturated heterocycles. The number of rotatable bonds is 5. The summed E-state index contributed by atoms with van der Waals surface area (Å²) in [7, 11) is 3.10. The first-order valence-electron chi connectivity index (χ1n) is 5.62. The lowest BCUT2D eigenvalue weighted by atomic mass is 10.3. The third kappa shape index (κ3) is 2.39. The van der Waals surface area contributed by atoms with Gasteiger partial charge in [-0.15, -0.1) is 0 Å². The SMILES string of the molecule is COCCCn1c(=S)[nH]c2cc(F)c(OC)cc21. The first-order valence-corrected chi connectivity index (χ1v) is 6.03. The van der Waals surface area contributed by atoms with Gasteiger partial charge in [0.1, 0.15) is 0 Å². The van der Waals surface area contributed by atoms with Gasteiger partial charge in [0.25, 0.3) is 0 Å². The van der Waals surface area contributed by atoms with Crippen molar-refractivity contribution in [1.29, 1.82) is 0 Å². The molecule has 0 bridgehead atoms. The van der Waals surface area contributed by atoms with Crippen molar-refractivity contribution in [1.82, 2.24) is 9.55 Å². The fourth-order valence-electron chi connectivity index (χ4n) is 1.90. The largest absolute Gasteiger partial charge is 0.494 e. The molecular weight excluding hydrogens is 255 g/mol. The van der Waals surface area contributed by atoms with Crippen LogP contribution in [0.1, 0.15) is 6.42 Å². The Balaban J connectivity index is 2.45. The molecule has 1 heterocycles. The molecule has 1 N–H and O–H groups in total. The van der Waals surface area contributed by atoms with Gasteiger partial charge in [0.2, 0.25) is 0 Å². The standard InChI is InChI=1S/C12H15FN2O2S/c1-16-5-3-4-15-10-7-11(17-2)8(13)6-9(10)14-12(15)18/h6-7H,3-5H2,1-2H3,(H,14,18). The van der Waals surface area contributed by atoms with E-state index >= 15 is 0 Å². The number of aryl methyl sites for hydroxylation is 1. The van der Waals surface area contributed by atoms with E-state index in [0.717, 1.165) is 18.5 Å². The van der Waals surface area contributed by atoms with Crippen molar-refractivity contribution in [3.8, 4) is 5.75 Å². The topological polar surface area (TPSA) is 39.2 Å². The minimum atomic E-state index is -0.398. The Morgan fingerprint density at radius 3 is 2.83 bits per heavy atom. The number of hydrogen-bond acceptors (Lipinski definition) is 3. The van der Waals surface area contributed by atoms with Gasteiger partial charge in [-0.05, 0) is 18.6 Å². The second-order valence-corrected chi connectivity index (χ2v) is 4.32. The van der Waals surface area contributed by atoms with E-state index in [2.05, 4.69) is 4.98 Å². The van der Waals surface area contributed by atoms with Crippen molar-refractivity contribution in [2.24, 2.45) is 0 Å². The number of halogens is 1. The Labute approximate surface area is 109 Å². The van der Waals surface area contributed by atoms with Crippen molar-refractivity contribution >= 4 is 23.3 Å². The summed E-state index contributed by atoms with van der Waals surface area (Å²) in [5, 5.41) is 0. The average Bonchev–Trinajstić information content (AvgIpc) is 2.64. The predicted molar refractivity (Wildman–Crippen MR) is 70.1 cm³/mol. The van der Waals surface area contributed by atoms with Crippen molar-refractivity contribution in [2.75, 3.05) is 20.8 Å². The van der Waals surface area contributed by atoms with Gasteiger partial charge in [0.05, 0.1) is 18.1 Å². The molecule has 0 atom stereocenters. The van der Waals surface area contributed by atoms with Crippen LogP contribution >= 0.6 is 12.2 Å². The van der Waals surface area contributed by atoms with E-state index in [0.29, 0.717) is 16.9 Å². The van der Waals surface area contributed by atoms with E-state index in [4.69, 9.17) is 21.7 Å². The highest BCUT2D eigenvalue weighted by molar-refractivity contribution is 7.71. The number of benzene rings is 1. The Kier molecular flexibility index (Phi) is 3.98. The average molecular weight is 270 g/mol. The highest BCUT2D eigenvalue weighted by Gasteiger charge is 2.10. The van der Waals surface area contributed by atoms with Crippen LogP contribution in [0.25, 0.3) is 11.0 Å². The molecule has 0 radical (unpaired) electrons. The maximum atomic E-state index is 13.6. The molecule has 1 aromatic heterocycles. The minimum Gasteiger partial charge on any atom is -0.494 e. The van der Waals surface area contributed by atoms with Crippen LogP contribution in [0.3, 0.4) is 0 Å². The maximum Gasteiger partial charge on any atom is 0.178 e. The van der Waals surface area contributed by atoms with E-state index in [1.807, 2.05) is 4.57 Å². The van der Waals surface area contributed by atoms with E-state index in [1.54, 1.807) is 13.2 Å². The molecule has 0 spiro atoms. The monoisotopic (exact) mass is 270 g/mol. The quantitative estimate of drug-likeness (QED) is 0.670. The summed E-state index contributed by atoms with van der Waals surface area (Å²) in [4.78, 5) is 2.99. The summed E-state index contributed by atoms with van der Waals surface area (Å²) in [5.74, 6) is -0.178. The van der Waals surface area contributed by atoms with E-state index < -0.39 is 5.82 Å². The number of hydrogen-bond donors (Lipinski definition) is 1. The van der Waals surface area contributed by atoms with E-state index in [-0.39, 0.29) is 5.75 Å². The van der Waals surface area contributed by atoms with Crippen LogP contribution in [0.15, 0.2) is 12.1 Å². The van der Waals surface area contributed by atoms with Crippen LogP contribution in [-0.4, -0.2) is 30.4 Å². The number of aromatic amines is 1. The number of imidazole rings is 1. The van der Waals surface area contributed by atoms with E-state index in [9.17, 15) is 4.39 Å². The van der Waals surface area contributed by atoms with Crippen LogP contribution in [0.2, 0.25) is 0 Å². The Morgan fingerprint density at radius 1 is 1.39 bits per heavy atom. The molecule has 4 nitrogen and oxygen atoms in total.